The Bertz CT molecular complexity index is 595. The van der Waals surface area contributed by atoms with Crippen LogP contribution in [-0.4, -0.2) is 23.9 Å². The number of furan rings is 1. The number of likely N-dealkylation sites (tertiary alicyclic amines) is 1. The van der Waals surface area contributed by atoms with Gasteiger partial charge in [-0.1, -0.05) is 29.8 Å². The van der Waals surface area contributed by atoms with Gasteiger partial charge in [0.15, 0.2) is 0 Å². The van der Waals surface area contributed by atoms with Gasteiger partial charge in [-0.25, -0.2) is 0 Å². The Morgan fingerprint density at radius 2 is 1.86 bits per heavy atom. The number of hydrogen-bond donors (Lipinski definition) is 0. The first kappa shape index (κ1) is 14.9. The fourth-order valence-corrected chi connectivity index (χ4v) is 3.12. The molecule has 0 radical (unpaired) electrons. The van der Waals surface area contributed by atoms with E-state index in [1.54, 1.807) is 6.26 Å². The Labute approximate surface area is 131 Å². The van der Waals surface area contributed by atoms with Crippen molar-refractivity contribution in [1.82, 2.24) is 4.90 Å². The molecule has 1 atom stereocenters. The van der Waals surface area contributed by atoms with Gasteiger partial charge in [-0.3, -0.25) is 4.79 Å². The second kappa shape index (κ2) is 6.82. The molecule has 0 N–H and O–H groups in total. The quantitative estimate of drug-likeness (QED) is 0.850. The number of nitrogens with zero attached hydrogens (tertiary/aromatic N) is 1. The molecule has 0 spiro atoms. The highest BCUT2D eigenvalue weighted by Crippen LogP contribution is 2.29. The Balaban J connectivity index is 1.79. The van der Waals surface area contributed by atoms with Gasteiger partial charge in [0.25, 0.3) is 0 Å². The fraction of sp³-hybridized carbons (Fsp3) is 0.421. The molecule has 1 aliphatic rings. The van der Waals surface area contributed by atoms with Crippen LogP contribution in [0.1, 0.15) is 48.5 Å². The van der Waals surface area contributed by atoms with E-state index in [4.69, 9.17) is 4.42 Å². The molecule has 3 rings (SSSR count). The number of hydrogen-bond acceptors (Lipinski definition) is 2. The van der Waals surface area contributed by atoms with Crippen LogP contribution in [0.15, 0.2) is 47.1 Å². The third kappa shape index (κ3) is 3.41. The molecule has 0 aliphatic carbocycles. The van der Waals surface area contributed by atoms with E-state index >= 15 is 0 Å². The van der Waals surface area contributed by atoms with Gasteiger partial charge in [0.1, 0.15) is 5.76 Å². The van der Waals surface area contributed by atoms with Crippen molar-refractivity contribution in [2.75, 3.05) is 13.1 Å². The number of rotatable bonds is 4. The standard InChI is InChI=1S/C19H23NO2/c1-15-7-9-16(10-8-15)17(18-6-5-13-22-18)14-19(21)20-11-3-2-4-12-20/h5-10,13,17H,2-4,11-12,14H2,1H3. The molecule has 0 saturated carbocycles. The summed E-state index contributed by atoms with van der Waals surface area (Å²) in [5.74, 6) is 1.11. The second-order valence-electron chi connectivity index (χ2n) is 6.12. The molecule has 2 heterocycles. The molecule has 3 heteroatoms. The number of amides is 1. The summed E-state index contributed by atoms with van der Waals surface area (Å²) in [6.07, 6.45) is 5.66. The first-order valence-corrected chi connectivity index (χ1v) is 8.12. The number of benzene rings is 1. The summed E-state index contributed by atoms with van der Waals surface area (Å²) in [7, 11) is 0. The molecule has 1 aromatic carbocycles. The van der Waals surface area contributed by atoms with Crippen molar-refractivity contribution in [3.05, 3.63) is 59.5 Å². The van der Waals surface area contributed by atoms with Gasteiger partial charge < -0.3 is 9.32 Å². The van der Waals surface area contributed by atoms with E-state index in [-0.39, 0.29) is 11.8 Å². The average molecular weight is 297 g/mol. The fourth-order valence-electron chi connectivity index (χ4n) is 3.12. The smallest absolute Gasteiger partial charge is 0.223 e. The molecule has 3 nitrogen and oxygen atoms in total. The zero-order chi connectivity index (χ0) is 15.4. The van der Waals surface area contributed by atoms with Crippen molar-refractivity contribution < 1.29 is 9.21 Å². The summed E-state index contributed by atoms with van der Waals surface area (Å²) in [5, 5.41) is 0. The number of carbonyl (C=O) groups excluding carboxylic acids is 1. The topological polar surface area (TPSA) is 33.5 Å². The van der Waals surface area contributed by atoms with E-state index in [0.717, 1.165) is 37.3 Å². The molecule has 1 saturated heterocycles. The summed E-state index contributed by atoms with van der Waals surface area (Å²) in [6, 6.07) is 12.3. The van der Waals surface area contributed by atoms with E-state index in [9.17, 15) is 4.79 Å². The van der Waals surface area contributed by atoms with Crippen molar-refractivity contribution in [3.63, 3.8) is 0 Å². The van der Waals surface area contributed by atoms with Crippen molar-refractivity contribution in [2.24, 2.45) is 0 Å². The third-order valence-corrected chi connectivity index (χ3v) is 4.45. The van der Waals surface area contributed by atoms with Gasteiger partial charge >= 0.3 is 0 Å². The van der Waals surface area contributed by atoms with Gasteiger partial charge in [0.2, 0.25) is 5.91 Å². The van der Waals surface area contributed by atoms with Crippen LogP contribution in [-0.2, 0) is 4.79 Å². The molecule has 1 unspecified atom stereocenters. The highest BCUT2D eigenvalue weighted by molar-refractivity contribution is 5.77. The van der Waals surface area contributed by atoms with Crippen molar-refractivity contribution in [1.29, 1.82) is 0 Å². The average Bonchev–Trinajstić information content (AvgIpc) is 3.08. The first-order chi connectivity index (χ1) is 10.7. The minimum atomic E-state index is 0.00465. The van der Waals surface area contributed by atoms with Gasteiger partial charge in [0, 0.05) is 19.5 Å². The zero-order valence-electron chi connectivity index (χ0n) is 13.1. The van der Waals surface area contributed by atoms with E-state index < -0.39 is 0 Å². The molecule has 1 aliphatic heterocycles. The van der Waals surface area contributed by atoms with Crippen LogP contribution >= 0.6 is 0 Å². The van der Waals surface area contributed by atoms with E-state index in [0.29, 0.717) is 6.42 Å². The van der Waals surface area contributed by atoms with Gasteiger partial charge in [-0.15, -0.1) is 0 Å². The van der Waals surface area contributed by atoms with Crippen LogP contribution < -0.4 is 0 Å². The predicted octanol–water partition coefficient (Wildman–Crippen LogP) is 4.12. The van der Waals surface area contributed by atoms with E-state index in [1.165, 1.54) is 12.0 Å². The summed E-state index contributed by atoms with van der Waals surface area (Å²) in [5.41, 5.74) is 2.37. The number of aryl methyl sites for hydroxylation is 1. The third-order valence-electron chi connectivity index (χ3n) is 4.45. The maximum atomic E-state index is 12.6. The molecular formula is C19H23NO2. The van der Waals surface area contributed by atoms with Gasteiger partial charge in [-0.05, 0) is 43.9 Å². The van der Waals surface area contributed by atoms with Crippen LogP contribution in [0.25, 0.3) is 0 Å². The predicted molar refractivity (Wildman–Crippen MR) is 86.8 cm³/mol. The monoisotopic (exact) mass is 297 g/mol. The molecule has 2 aromatic rings. The summed E-state index contributed by atoms with van der Waals surface area (Å²) >= 11 is 0. The first-order valence-electron chi connectivity index (χ1n) is 8.12. The second-order valence-corrected chi connectivity index (χ2v) is 6.12. The number of piperidine rings is 1. The lowest BCUT2D eigenvalue weighted by atomic mass is 9.91. The molecule has 1 fully saturated rings. The Kier molecular flexibility index (Phi) is 4.62. The van der Waals surface area contributed by atoms with Gasteiger partial charge in [0.05, 0.1) is 12.2 Å². The van der Waals surface area contributed by atoms with E-state index in [2.05, 4.69) is 31.2 Å². The number of carbonyl (C=O) groups is 1. The highest BCUT2D eigenvalue weighted by Gasteiger charge is 2.24. The maximum Gasteiger partial charge on any atom is 0.223 e. The van der Waals surface area contributed by atoms with Gasteiger partial charge in [-0.2, -0.15) is 0 Å². The Morgan fingerprint density at radius 1 is 1.14 bits per heavy atom. The van der Waals surface area contributed by atoms with Crippen LogP contribution in [0.4, 0.5) is 0 Å². The summed E-state index contributed by atoms with van der Waals surface area (Å²) in [4.78, 5) is 14.6. The normalized spacial score (nSPS) is 16.5. The molecule has 1 aromatic heterocycles. The summed E-state index contributed by atoms with van der Waals surface area (Å²) in [6.45, 7) is 3.87. The van der Waals surface area contributed by atoms with E-state index in [1.807, 2.05) is 17.0 Å². The Morgan fingerprint density at radius 3 is 2.50 bits per heavy atom. The molecule has 22 heavy (non-hydrogen) atoms. The SMILES string of the molecule is Cc1ccc(C(CC(=O)N2CCCCC2)c2ccco2)cc1. The highest BCUT2D eigenvalue weighted by atomic mass is 16.3. The minimum Gasteiger partial charge on any atom is -0.469 e. The molecule has 0 bridgehead atoms. The van der Waals surface area contributed by atoms with Crippen LogP contribution in [0.3, 0.4) is 0 Å². The molecular weight excluding hydrogens is 274 g/mol. The Hall–Kier alpha value is -2.03. The van der Waals surface area contributed by atoms with Crippen LogP contribution in [0.2, 0.25) is 0 Å². The lowest BCUT2D eigenvalue weighted by molar-refractivity contribution is -0.132. The van der Waals surface area contributed by atoms with Crippen molar-refractivity contribution in [3.8, 4) is 0 Å². The molecule has 116 valence electrons. The zero-order valence-corrected chi connectivity index (χ0v) is 13.1. The largest absolute Gasteiger partial charge is 0.469 e. The lowest BCUT2D eigenvalue weighted by Crippen LogP contribution is -2.36. The van der Waals surface area contributed by atoms with Crippen molar-refractivity contribution >= 4 is 5.91 Å². The van der Waals surface area contributed by atoms with Crippen LogP contribution in [0, 0.1) is 6.92 Å². The van der Waals surface area contributed by atoms with Crippen LogP contribution in [0.5, 0.6) is 0 Å². The van der Waals surface area contributed by atoms with Crippen molar-refractivity contribution in [2.45, 2.75) is 38.5 Å². The minimum absolute atomic E-state index is 0.00465. The maximum absolute atomic E-state index is 12.6. The lowest BCUT2D eigenvalue weighted by Gasteiger charge is -2.28. The molecule has 1 amide bonds. The summed E-state index contributed by atoms with van der Waals surface area (Å²) < 4.78 is 5.60.